The number of ether oxygens (including phenoxy) is 8. The molecule has 4 fully saturated rings. The van der Waals surface area contributed by atoms with Crippen LogP contribution in [-0.4, -0.2) is 120 Å². The topological polar surface area (TPSA) is 250 Å². The first-order valence-electron chi connectivity index (χ1n) is 19.8. The lowest BCUT2D eigenvalue weighted by atomic mass is 9.47. The summed E-state index contributed by atoms with van der Waals surface area (Å²) in [7, 11) is 1.13. The van der Waals surface area contributed by atoms with Crippen LogP contribution in [0.1, 0.15) is 86.6 Å². The molecular formula is C42H56O18. The van der Waals surface area contributed by atoms with Gasteiger partial charge in [0.2, 0.25) is 0 Å². The SMILES string of the molecule is C=C1[C@@H]([C@]2(C)C(CC(=O)OC)[C@@](C)(COC(C)=O)OC(=O)C[C@@H]2OC(C)=O)[C@@H](OC=O)[C@H](OC(=O)[C@H](O)C(C)C)[C@@]2(C)[C@H](c3ccoc3)[C@@H](OC(=O)[C@H](O)C(C)C)[C@H]3O[C@]132. The van der Waals surface area contributed by atoms with Crippen molar-refractivity contribution < 1.29 is 86.1 Å². The molecule has 60 heavy (non-hydrogen) atoms. The van der Waals surface area contributed by atoms with Crippen LogP contribution in [-0.2, 0) is 71.5 Å². The van der Waals surface area contributed by atoms with Gasteiger partial charge >= 0.3 is 35.8 Å². The van der Waals surface area contributed by atoms with E-state index in [0.717, 1.165) is 21.0 Å². The third-order valence-corrected chi connectivity index (χ3v) is 13.2. The van der Waals surface area contributed by atoms with E-state index in [-0.39, 0.29) is 12.0 Å². The van der Waals surface area contributed by atoms with Gasteiger partial charge in [0.15, 0.2) is 12.2 Å². The molecule has 4 aliphatic rings. The first kappa shape index (κ1) is 46.3. The van der Waals surface area contributed by atoms with E-state index in [1.54, 1.807) is 47.6 Å². The molecule has 2 saturated carbocycles. The first-order chi connectivity index (χ1) is 28.0. The Hall–Kier alpha value is -4.81. The number of aliphatic hydroxyl groups is 2. The minimum absolute atomic E-state index is 0.103. The highest BCUT2D eigenvalue weighted by molar-refractivity contribution is 5.77. The number of hydrogen-bond acceptors (Lipinski definition) is 18. The molecule has 0 bridgehead atoms. The number of cyclic esters (lactones) is 1. The minimum atomic E-state index is -1.88. The molecule has 1 aromatic heterocycles. The van der Waals surface area contributed by atoms with Crippen molar-refractivity contribution in [1.29, 1.82) is 0 Å². The van der Waals surface area contributed by atoms with Crippen LogP contribution in [0.3, 0.4) is 0 Å². The molecular weight excluding hydrogens is 792 g/mol. The number of furan rings is 1. The van der Waals surface area contributed by atoms with Gasteiger partial charge in [-0.15, -0.1) is 0 Å². The van der Waals surface area contributed by atoms with E-state index in [1.165, 1.54) is 19.5 Å². The zero-order valence-corrected chi connectivity index (χ0v) is 35.5. The molecule has 2 aliphatic heterocycles. The lowest BCUT2D eigenvalue weighted by Crippen LogP contribution is -2.68. The Labute approximate surface area is 347 Å². The normalized spacial score (nSPS) is 36.7. The van der Waals surface area contributed by atoms with Crippen molar-refractivity contribution in [2.24, 2.45) is 34.5 Å². The van der Waals surface area contributed by atoms with Crippen molar-refractivity contribution >= 4 is 42.3 Å². The van der Waals surface area contributed by atoms with Crippen molar-refractivity contribution in [3.63, 3.8) is 0 Å². The van der Waals surface area contributed by atoms with E-state index in [9.17, 15) is 43.8 Å². The summed E-state index contributed by atoms with van der Waals surface area (Å²) >= 11 is 0. The van der Waals surface area contributed by atoms with E-state index in [1.807, 2.05) is 0 Å². The predicted octanol–water partition coefficient (Wildman–Crippen LogP) is 2.49. The number of carbonyl (C=O) groups excluding carboxylic acids is 7. The minimum Gasteiger partial charge on any atom is -0.472 e. The van der Waals surface area contributed by atoms with Gasteiger partial charge in [-0.1, -0.05) is 48.1 Å². The molecule has 1 unspecified atom stereocenters. The summed E-state index contributed by atoms with van der Waals surface area (Å²) in [5.74, 6) is -10.4. The van der Waals surface area contributed by atoms with Gasteiger partial charge in [0.1, 0.15) is 48.3 Å². The van der Waals surface area contributed by atoms with Crippen molar-refractivity contribution in [3.05, 3.63) is 36.3 Å². The molecule has 332 valence electrons. The van der Waals surface area contributed by atoms with Crippen LogP contribution in [0.2, 0.25) is 0 Å². The molecule has 18 nitrogen and oxygen atoms in total. The van der Waals surface area contributed by atoms with E-state index < -0.39 is 150 Å². The van der Waals surface area contributed by atoms with Crippen LogP contribution in [0.4, 0.5) is 0 Å². The molecule has 0 amide bonds. The van der Waals surface area contributed by atoms with Gasteiger partial charge in [-0.2, -0.15) is 0 Å². The summed E-state index contributed by atoms with van der Waals surface area (Å²) in [6.07, 6.45) is -8.82. The molecule has 14 atom stereocenters. The van der Waals surface area contributed by atoms with Gasteiger partial charge in [-0.25, -0.2) is 9.59 Å². The van der Waals surface area contributed by atoms with E-state index in [0.29, 0.717) is 5.56 Å². The number of epoxide rings is 1. The number of carbonyl (C=O) groups is 7. The summed E-state index contributed by atoms with van der Waals surface area (Å²) in [5.41, 5.74) is -6.45. The molecule has 0 radical (unpaired) electrons. The van der Waals surface area contributed by atoms with Gasteiger partial charge in [0.05, 0.1) is 37.9 Å². The zero-order chi connectivity index (χ0) is 44.9. The molecule has 2 aliphatic carbocycles. The first-order valence-corrected chi connectivity index (χ1v) is 19.8. The second kappa shape index (κ2) is 16.9. The van der Waals surface area contributed by atoms with E-state index >= 15 is 0 Å². The van der Waals surface area contributed by atoms with Gasteiger partial charge < -0.3 is 52.5 Å². The summed E-state index contributed by atoms with van der Waals surface area (Å²) < 4.78 is 53.0. The van der Waals surface area contributed by atoms with Crippen molar-refractivity contribution in [2.45, 2.75) is 135 Å². The quantitative estimate of drug-likeness (QED) is 0.0846. The molecule has 1 aromatic rings. The van der Waals surface area contributed by atoms with Crippen LogP contribution in [0.15, 0.2) is 35.2 Å². The Bertz CT molecular complexity index is 1850. The van der Waals surface area contributed by atoms with Crippen LogP contribution >= 0.6 is 0 Å². The van der Waals surface area contributed by atoms with Crippen molar-refractivity contribution in [2.75, 3.05) is 13.7 Å². The Morgan fingerprint density at radius 2 is 1.55 bits per heavy atom. The maximum absolute atomic E-state index is 14.1. The Balaban J connectivity index is 1.86. The Morgan fingerprint density at radius 3 is 2.07 bits per heavy atom. The number of methoxy groups -OCH3 is 1. The average molecular weight is 849 g/mol. The summed E-state index contributed by atoms with van der Waals surface area (Å²) in [6.45, 7) is 17.3. The third kappa shape index (κ3) is 7.59. The highest BCUT2D eigenvalue weighted by Gasteiger charge is 2.88. The maximum atomic E-state index is 14.1. The van der Waals surface area contributed by atoms with Crippen LogP contribution in [0.5, 0.6) is 0 Å². The second-order valence-corrected chi connectivity index (χ2v) is 17.5. The van der Waals surface area contributed by atoms with Gasteiger partial charge in [-0.05, 0) is 36.0 Å². The lowest BCUT2D eigenvalue weighted by Gasteiger charge is -2.59. The monoisotopic (exact) mass is 848 g/mol. The molecule has 5 rings (SSSR count). The average Bonchev–Trinajstić information content (AvgIpc) is 3.64. The molecule has 3 heterocycles. The number of esters is 6. The van der Waals surface area contributed by atoms with Crippen LogP contribution in [0.25, 0.3) is 0 Å². The van der Waals surface area contributed by atoms with Gasteiger partial charge in [0.25, 0.3) is 6.47 Å². The van der Waals surface area contributed by atoms with Crippen LogP contribution in [0, 0.1) is 34.5 Å². The summed E-state index contributed by atoms with van der Waals surface area (Å²) in [5, 5.41) is 21.9. The third-order valence-electron chi connectivity index (χ3n) is 13.2. The molecule has 18 heteroatoms. The lowest BCUT2D eigenvalue weighted by molar-refractivity contribution is -0.228. The molecule has 2 N–H and O–H groups in total. The summed E-state index contributed by atoms with van der Waals surface area (Å²) in [4.78, 5) is 93.0. The second-order valence-electron chi connectivity index (χ2n) is 17.5. The van der Waals surface area contributed by atoms with Crippen LogP contribution < -0.4 is 0 Å². The number of hydrogen-bond donors (Lipinski definition) is 2. The van der Waals surface area contributed by atoms with Gasteiger partial charge in [0, 0.05) is 37.0 Å². The fraction of sp³-hybridized carbons (Fsp3) is 0.690. The van der Waals surface area contributed by atoms with Crippen molar-refractivity contribution in [1.82, 2.24) is 0 Å². The Kier molecular flexibility index (Phi) is 13.0. The summed E-state index contributed by atoms with van der Waals surface area (Å²) in [6, 6.07) is 1.60. The largest absolute Gasteiger partial charge is 0.472 e. The zero-order valence-electron chi connectivity index (χ0n) is 35.5. The highest BCUT2D eigenvalue weighted by Crippen LogP contribution is 2.77. The smallest absolute Gasteiger partial charge is 0.335 e. The number of rotatable bonds is 15. The molecule has 0 aromatic carbocycles. The fourth-order valence-electron chi connectivity index (χ4n) is 10.3. The molecule has 1 spiro atoms. The van der Waals surface area contributed by atoms with E-state index in [4.69, 9.17) is 42.3 Å². The molecule has 2 saturated heterocycles. The van der Waals surface area contributed by atoms with Crippen molar-refractivity contribution in [3.8, 4) is 0 Å². The van der Waals surface area contributed by atoms with Gasteiger partial charge in [-0.3, -0.25) is 24.0 Å². The fourth-order valence-corrected chi connectivity index (χ4v) is 10.3. The highest BCUT2D eigenvalue weighted by atomic mass is 16.7. The Morgan fingerprint density at radius 1 is 0.933 bits per heavy atom. The standard InChI is InChI=1S/C42H56O18/c1-19(2)31(48)37(50)57-34-30(24-12-13-53-16-24)41(10)35(58-38(51)32(49)20(3)4)33(55-18-43)29(21(5)42(41)36(34)60-42)40(9)25(14-27(46)52-11)39(8,17-54-22(6)44)59-28(47)15-26(40)56-23(7)45/h12-13,16,18-20,25-26,29-36,48-49H,5,14-15,17H2,1-4,6-11H3/t25?,26-,29+,30+,31+,32+,33+,34+,35-,36+,39+,40+,41+,42+/m0/s1. The van der Waals surface area contributed by atoms with E-state index in [2.05, 4.69) is 6.58 Å². The predicted molar refractivity (Wildman–Crippen MR) is 202 cm³/mol. The number of aliphatic hydroxyl groups excluding tert-OH is 2. The maximum Gasteiger partial charge on any atom is 0.335 e.